The third kappa shape index (κ3) is 3.92. The molecule has 0 atom stereocenters. The molecule has 0 aromatic heterocycles. The zero-order chi connectivity index (χ0) is 10.4. The molecule has 0 spiro atoms. The van der Waals surface area contributed by atoms with E-state index in [4.69, 9.17) is 4.74 Å². The number of benzene rings is 1. The number of halogens is 1. The van der Waals surface area contributed by atoms with Gasteiger partial charge in [-0.2, -0.15) is 0 Å². The molecule has 0 radical (unpaired) electrons. The third-order valence-corrected chi connectivity index (χ3v) is 2.31. The van der Waals surface area contributed by atoms with Crippen LogP contribution in [-0.2, 0) is 16.0 Å². The van der Waals surface area contributed by atoms with E-state index < -0.39 is 0 Å². The lowest BCUT2D eigenvalue weighted by Gasteiger charge is -2.02. The summed E-state index contributed by atoms with van der Waals surface area (Å²) < 4.78 is 5.88. The van der Waals surface area contributed by atoms with Gasteiger partial charge in [0.2, 0.25) is 0 Å². The summed E-state index contributed by atoms with van der Waals surface area (Å²) in [4.78, 5) is 11.1. The molecule has 76 valence electrons. The fourth-order valence-electron chi connectivity index (χ4n) is 1.17. The van der Waals surface area contributed by atoms with Crippen molar-refractivity contribution in [1.29, 1.82) is 0 Å². The first-order valence-corrected chi connectivity index (χ1v) is 5.41. The van der Waals surface area contributed by atoms with Gasteiger partial charge in [0.15, 0.2) is 0 Å². The smallest absolute Gasteiger partial charge is 0.306 e. The molecule has 0 heterocycles. The Kier molecular flexibility index (Phi) is 4.66. The Balaban J connectivity index is 2.41. The van der Waals surface area contributed by atoms with Gasteiger partial charge in [0.25, 0.3) is 0 Å². The standard InChI is InChI=1S/C11H13BrO2/c1-2-14-11(13)7-6-9-4-3-5-10(12)8-9/h3-5,8H,2,6-7H2,1H3. The first kappa shape index (κ1) is 11.2. The van der Waals surface area contributed by atoms with Gasteiger partial charge in [-0.25, -0.2) is 0 Å². The highest BCUT2D eigenvalue weighted by molar-refractivity contribution is 9.10. The van der Waals surface area contributed by atoms with E-state index in [9.17, 15) is 4.79 Å². The first-order valence-electron chi connectivity index (χ1n) is 4.62. The van der Waals surface area contributed by atoms with Crippen molar-refractivity contribution in [2.24, 2.45) is 0 Å². The normalized spacial score (nSPS) is 9.86. The topological polar surface area (TPSA) is 26.3 Å². The third-order valence-electron chi connectivity index (χ3n) is 1.81. The summed E-state index contributed by atoms with van der Waals surface area (Å²) in [6, 6.07) is 7.95. The highest BCUT2D eigenvalue weighted by Gasteiger charge is 2.02. The van der Waals surface area contributed by atoms with Gasteiger partial charge in [-0.3, -0.25) is 4.79 Å². The van der Waals surface area contributed by atoms with Crippen LogP contribution in [0.4, 0.5) is 0 Å². The van der Waals surface area contributed by atoms with Crippen LogP contribution < -0.4 is 0 Å². The van der Waals surface area contributed by atoms with Crippen molar-refractivity contribution < 1.29 is 9.53 Å². The molecule has 2 nitrogen and oxygen atoms in total. The maximum Gasteiger partial charge on any atom is 0.306 e. The predicted octanol–water partition coefficient (Wildman–Crippen LogP) is 2.94. The molecule has 3 heteroatoms. The molecule has 0 N–H and O–H groups in total. The maximum atomic E-state index is 11.1. The van der Waals surface area contributed by atoms with Crippen LogP contribution in [0.25, 0.3) is 0 Å². The molecule has 0 aliphatic carbocycles. The number of hydrogen-bond acceptors (Lipinski definition) is 2. The van der Waals surface area contributed by atoms with Gasteiger partial charge in [-0.1, -0.05) is 28.1 Å². The van der Waals surface area contributed by atoms with Crippen molar-refractivity contribution in [3.8, 4) is 0 Å². The van der Waals surface area contributed by atoms with Crippen LogP contribution in [0.3, 0.4) is 0 Å². The van der Waals surface area contributed by atoms with Crippen LogP contribution in [0.15, 0.2) is 28.7 Å². The highest BCUT2D eigenvalue weighted by Crippen LogP contribution is 2.13. The van der Waals surface area contributed by atoms with Crippen molar-refractivity contribution in [3.05, 3.63) is 34.3 Å². The van der Waals surface area contributed by atoms with Crippen molar-refractivity contribution in [2.75, 3.05) is 6.61 Å². The minimum Gasteiger partial charge on any atom is -0.466 e. The van der Waals surface area contributed by atoms with Gasteiger partial charge >= 0.3 is 5.97 Å². The lowest BCUT2D eigenvalue weighted by atomic mass is 10.1. The molecule has 0 amide bonds. The number of rotatable bonds is 4. The molecule has 0 aliphatic heterocycles. The highest BCUT2D eigenvalue weighted by atomic mass is 79.9. The molecule has 0 fully saturated rings. The second-order valence-corrected chi connectivity index (χ2v) is 3.85. The van der Waals surface area contributed by atoms with Crippen LogP contribution in [0.1, 0.15) is 18.9 Å². The fraction of sp³-hybridized carbons (Fsp3) is 0.364. The molecule has 0 unspecified atom stereocenters. The van der Waals surface area contributed by atoms with Crippen LogP contribution in [-0.4, -0.2) is 12.6 Å². The SMILES string of the molecule is CCOC(=O)CCc1cccc(Br)c1. The monoisotopic (exact) mass is 256 g/mol. The van der Waals surface area contributed by atoms with Crippen LogP contribution in [0, 0.1) is 0 Å². The van der Waals surface area contributed by atoms with E-state index >= 15 is 0 Å². The zero-order valence-electron chi connectivity index (χ0n) is 8.13. The number of ether oxygens (including phenoxy) is 1. The fourth-order valence-corrected chi connectivity index (χ4v) is 1.62. The minimum atomic E-state index is -0.132. The van der Waals surface area contributed by atoms with Crippen molar-refractivity contribution in [3.63, 3.8) is 0 Å². The molecule has 1 rings (SSSR count). The summed E-state index contributed by atoms with van der Waals surface area (Å²) in [6.45, 7) is 2.27. The largest absolute Gasteiger partial charge is 0.466 e. The quantitative estimate of drug-likeness (QED) is 0.775. The number of hydrogen-bond donors (Lipinski definition) is 0. The number of aryl methyl sites for hydroxylation is 1. The minimum absolute atomic E-state index is 0.132. The van der Waals surface area contributed by atoms with E-state index in [1.807, 2.05) is 31.2 Å². The zero-order valence-corrected chi connectivity index (χ0v) is 9.71. The number of carbonyl (C=O) groups excluding carboxylic acids is 1. The Hall–Kier alpha value is -0.830. The molecular weight excluding hydrogens is 244 g/mol. The Labute approximate surface area is 92.4 Å². The molecule has 14 heavy (non-hydrogen) atoms. The number of carbonyl (C=O) groups is 1. The van der Waals surface area contributed by atoms with Crippen LogP contribution in [0.5, 0.6) is 0 Å². The van der Waals surface area contributed by atoms with Crippen LogP contribution in [0.2, 0.25) is 0 Å². The molecule has 0 saturated heterocycles. The van der Waals surface area contributed by atoms with Gasteiger partial charge < -0.3 is 4.74 Å². The Morgan fingerprint density at radius 2 is 2.29 bits per heavy atom. The Morgan fingerprint density at radius 3 is 2.93 bits per heavy atom. The average molecular weight is 257 g/mol. The maximum absolute atomic E-state index is 11.1. The van der Waals surface area contributed by atoms with E-state index in [-0.39, 0.29) is 5.97 Å². The van der Waals surface area contributed by atoms with Crippen molar-refractivity contribution >= 4 is 21.9 Å². The lowest BCUT2D eigenvalue weighted by Crippen LogP contribution is -2.04. The second kappa shape index (κ2) is 5.81. The van der Waals surface area contributed by atoms with Crippen LogP contribution >= 0.6 is 15.9 Å². The van der Waals surface area contributed by atoms with E-state index in [2.05, 4.69) is 15.9 Å². The molecular formula is C11H13BrO2. The first-order chi connectivity index (χ1) is 6.72. The van der Waals surface area contributed by atoms with Gasteiger partial charge in [0.1, 0.15) is 0 Å². The van der Waals surface area contributed by atoms with Gasteiger partial charge in [-0.15, -0.1) is 0 Å². The second-order valence-electron chi connectivity index (χ2n) is 2.93. The summed E-state index contributed by atoms with van der Waals surface area (Å²) in [5.41, 5.74) is 1.15. The predicted molar refractivity (Wildman–Crippen MR) is 59.1 cm³/mol. The lowest BCUT2D eigenvalue weighted by molar-refractivity contribution is -0.143. The molecule has 0 saturated carbocycles. The molecule has 0 aliphatic rings. The van der Waals surface area contributed by atoms with E-state index in [0.29, 0.717) is 13.0 Å². The summed E-state index contributed by atoms with van der Waals surface area (Å²) in [7, 11) is 0. The van der Waals surface area contributed by atoms with E-state index in [1.165, 1.54) is 0 Å². The molecule has 0 bridgehead atoms. The molecule has 1 aromatic rings. The Bertz CT molecular complexity index is 310. The molecule has 1 aromatic carbocycles. The van der Waals surface area contributed by atoms with Gasteiger partial charge in [-0.05, 0) is 31.0 Å². The van der Waals surface area contributed by atoms with Crippen molar-refractivity contribution in [1.82, 2.24) is 0 Å². The van der Waals surface area contributed by atoms with Gasteiger partial charge in [0.05, 0.1) is 6.61 Å². The summed E-state index contributed by atoms with van der Waals surface area (Å²) >= 11 is 3.38. The summed E-state index contributed by atoms with van der Waals surface area (Å²) in [5.74, 6) is -0.132. The van der Waals surface area contributed by atoms with Crippen molar-refractivity contribution in [2.45, 2.75) is 19.8 Å². The Morgan fingerprint density at radius 1 is 1.50 bits per heavy atom. The average Bonchev–Trinajstić information content (AvgIpc) is 2.15. The summed E-state index contributed by atoms with van der Waals surface area (Å²) in [6.07, 6.45) is 1.18. The van der Waals surface area contributed by atoms with E-state index in [0.717, 1.165) is 16.5 Å². The summed E-state index contributed by atoms with van der Waals surface area (Å²) in [5, 5.41) is 0. The van der Waals surface area contributed by atoms with E-state index in [1.54, 1.807) is 0 Å². The van der Waals surface area contributed by atoms with Gasteiger partial charge in [0, 0.05) is 10.9 Å². The number of esters is 1.